The summed E-state index contributed by atoms with van der Waals surface area (Å²) < 4.78 is 47.0. The van der Waals surface area contributed by atoms with Crippen molar-refractivity contribution in [3.63, 3.8) is 0 Å². The predicted molar refractivity (Wildman–Crippen MR) is 258 cm³/mol. The lowest BCUT2D eigenvalue weighted by Crippen LogP contribution is -2.61. The number of hydrogen-bond donors (Lipinski definition) is 14. The summed E-state index contributed by atoms with van der Waals surface area (Å²) in [4.78, 5) is 40.5. The maximum atomic E-state index is 14.1. The Morgan fingerprint density at radius 2 is 1.40 bits per heavy atom. The van der Waals surface area contributed by atoms with Crippen molar-refractivity contribution in [1.29, 1.82) is 0 Å². The monoisotopic (exact) mass is 1090 g/mol. The number of Topliss-reactive ketones (excluding diaryl/α,β-unsaturated/α-hetero) is 1. The Hall–Kier alpha value is -2.23. The molecule has 0 aromatic heterocycles. The van der Waals surface area contributed by atoms with Crippen molar-refractivity contribution in [3.8, 4) is 0 Å². The van der Waals surface area contributed by atoms with Gasteiger partial charge < -0.3 is 114 Å². The first-order chi connectivity index (χ1) is 34.6. The summed E-state index contributed by atoms with van der Waals surface area (Å²) in [5.74, 6) is -6.81. The summed E-state index contributed by atoms with van der Waals surface area (Å²) in [7, 11) is 5.18. The molecule has 1 unspecified atom stereocenters. The highest BCUT2D eigenvalue weighted by Gasteiger charge is 2.54. The third kappa shape index (κ3) is 15.8. The molecule has 0 spiro atoms. The van der Waals surface area contributed by atoms with E-state index in [2.05, 4.69) is 0 Å². The smallest absolute Gasteiger partial charge is 0.335 e. The highest BCUT2D eigenvalue weighted by Crippen LogP contribution is 2.41. The number of carbonyl (C=O) groups is 3. The summed E-state index contributed by atoms with van der Waals surface area (Å²) in [5, 5.41) is 142. The van der Waals surface area contributed by atoms with Crippen molar-refractivity contribution in [1.82, 2.24) is 4.90 Å². The molecular formula is C49H89NO25. The van der Waals surface area contributed by atoms with E-state index in [0.29, 0.717) is 6.42 Å². The summed E-state index contributed by atoms with van der Waals surface area (Å²) >= 11 is 0. The number of aliphatic carboxylic acids is 1. The Bertz CT molecular complexity index is 1790. The molecule has 0 bridgehead atoms. The van der Waals surface area contributed by atoms with Crippen molar-refractivity contribution < 1.29 is 124 Å². The van der Waals surface area contributed by atoms with Crippen LogP contribution in [0.3, 0.4) is 0 Å². The van der Waals surface area contributed by atoms with Crippen LogP contribution >= 0.6 is 0 Å². The lowest BCUT2D eigenvalue weighted by Gasteiger charge is -2.49. The minimum absolute atomic E-state index is 0.0936. The number of hydrogen-bond acceptors (Lipinski definition) is 25. The van der Waals surface area contributed by atoms with Gasteiger partial charge in [0.25, 0.3) is 0 Å². The zero-order chi connectivity index (χ0) is 57.6. The van der Waals surface area contributed by atoms with Crippen LogP contribution in [0.1, 0.15) is 94.9 Å². The van der Waals surface area contributed by atoms with E-state index in [4.69, 9.17) is 53.2 Å². The van der Waals surface area contributed by atoms with Gasteiger partial charge in [-0.15, -0.1) is 0 Å². The number of cyclic esters (lactones) is 1. The molecule has 14 N–H and O–H groups in total. The van der Waals surface area contributed by atoms with E-state index in [9.17, 15) is 70.6 Å². The van der Waals surface area contributed by atoms with Crippen LogP contribution in [0.5, 0.6) is 0 Å². The molecule has 0 aliphatic carbocycles. The molecule has 4 fully saturated rings. The Kier molecular flexibility index (Phi) is 24.8. The first-order valence-electron chi connectivity index (χ1n) is 25.5. The third-order valence-electron chi connectivity index (χ3n) is 15.4. The van der Waals surface area contributed by atoms with Crippen LogP contribution < -0.4 is 0 Å². The van der Waals surface area contributed by atoms with Gasteiger partial charge in [0.2, 0.25) is 0 Å². The summed E-state index contributed by atoms with van der Waals surface area (Å²) in [6, 6.07) is -0.324. The molecule has 0 amide bonds. The SMILES string of the molecule is CCC1OC(=O)[C@H](C)[C@@H](O[C@H]2C[C@@](C)(OC)[C@@H](O)[C@H](C)O2)[C@H](C)[C@@H](O[C@@H]2O[C@H](C)C[C@H](N(C)C)[C@H]2O)[C@](C)(O)C[C@@H](C)C(=O)[C@H](C)[C@@H](O)[C@]1(C)O.O=C(O)[C@H](O)[C@@H](O)[C@H](O[C@@H]1O[C@H](CO)[C@@H](O)[C@@H](O)[C@H]1O)[C@H](O)CO. The fourth-order valence-electron chi connectivity index (χ4n) is 10.6. The van der Waals surface area contributed by atoms with Crippen molar-refractivity contribution in [2.75, 3.05) is 34.4 Å². The molecule has 26 nitrogen and oxygen atoms in total. The van der Waals surface area contributed by atoms with Gasteiger partial charge in [0.1, 0.15) is 72.4 Å². The van der Waals surface area contributed by atoms with Crippen LogP contribution in [0.4, 0.5) is 0 Å². The van der Waals surface area contributed by atoms with E-state index >= 15 is 0 Å². The van der Waals surface area contributed by atoms with Gasteiger partial charge in [-0.3, -0.25) is 9.59 Å². The van der Waals surface area contributed by atoms with Crippen LogP contribution in [0, 0.1) is 23.7 Å². The molecule has 0 aromatic carbocycles. The fraction of sp³-hybridized carbons (Fsp3) is 0.939. The quantitative estimate of drug-likeness (QED) is 0.0698. The van der Waals surface area contributed by atoms with E-state index < -0.39 is 182 Å². The first-order valence-corrected chi connectivity index (χ1v) is 25.5. The third-order valence-corrected chi connectivity index (χ3v) is 15.4. The first kappa shape index (κ1) is 67.0. The molecule has 0 radical (unpaired) electrons. The minimum atomic E-state index is -2.39. The van der Waals surface area contributed by atoms with Crippen LogP contribution in [0.25, 0.3) is 0 Å². The Morgan fingerprint density at radius 3 is 1.92 bits per heavy atom. The maximum absolute atomic E-state index is 14.1. The van der Waals surface area contributed by atoms with Gasteiger partial charge in [0.05, 0.1) is 60.9 Å². The second-order valence-electron chi connectivity index (χ2n) is 21.8. The van der Waals surface area contributed by atoms with Gasteiger partial charge in [-0.05, 0) is 74.9 Å². The normalized spacial score (nSPS) is 45.3. The number of aliphatic hydroxyl groups is 13. The zero-order valence-corrected chi connectivity index (χ0v) is 45.3. The topological polar surface area (TPSA) is 412 Å². The fourth-order valence-corrected chi connectivity index (χ4v) is 10.6. The number of ether oxygens (including phenoxy) is 8. The molecule has 0 aromatic rings. The number of esters is 1. The van der Waals surface area contributed by atoms with Gasteiger partial charge in [-0.25, -0.2) is 4.79 Å². The Labute approximate surface area is 438 Å². The van der Waals surface area contributed by atoms with Crippen molar-refractivity contribution in [2.45, 2.75) is 234 Å². The predicted octanol–water partition coefficient (Wildman–Crippen LogP) is -3.88. The van der Waals surface area contributed by atoms with E-state index in [-0.39, 0.29) is 31.4 Å². The van der Waals surface area contributed by atoms with Crippen molar-refractivity contribution >= 4 is 17.7 Å². The molecule has 26 heteroatoms. The molecular weight excluding hydrogens is 1000 g/mol. The molecule has 440 valence electrons. The molecule has 4 aliphatic rings. The standard InChI is InChI=1S/C37H67NO13.C12H22O12/c1-14-25-37(10,45)30(41)20(4)27(39)18(2)16-35(8,44)32(51-34-28(40)24(38(11)12)15-19(3)47-34)21(5)29(22(6)33(43)49-25)50-26-17-36(9,46-13)31(42)23(7)48-26;13-1-3(15)10(7(18)8(19)11(21)22)24-12-9(20)6(17)5(16)4(2-14)23-12/h18-26,28-32,34,40-42,44-45H,14-17H2,1-13H3;3-10,12-20H,1-2H2,(H,21,22)/t18-,19-,20+,21+,22-,23+,24+,25?,26+,28-,29+,30-,31+,32-,34+,35-,36-,37-;3-,4-,5-,6-,7-,8-,9-,10-,12+/m11/s1. The van der Waals surface area contributed by atoms with Gasteiger partial charge in [0.15, 0.2) is 25.0 Å². The average molecular weight is 1090 g/mol. The second kappa shape index (κ2) is 27.8. The number of carbonyl (C=O) groups excluding carboxylic acids is 2. The maximum Gasteiger partial charge on any atom is 0.335 e. The molecule has 75 heavy (non-hydrogen) atoms. The number of aliphatic hydroxyl groups excluding tert-OH is 11. The highest BCUT2D eigenvalue weighted by molar-refractivity contribution is 5.83. The number of methoxy groups -OCH3 is 1. The average Bonchev–Trinajstić information content (AvgIpc) is 3.35. The van der Waals surface area contributed by atoms with Crippen molar-refractivity contribution in [3.05, 3.63) is 0 Å². The van der Waals surface area contributed by atoms with Crippen LogP contribution in [-0.2, 0) is 52.3 Å². The Morgan fingerprint density at radius 1 is 0.800 bits per heavy atom. The lowest BCUT2D eigenvalue weighted by molar-refractivity contribution is -0.326. The molecule has 0 saturated carbocycles. The van der Waals surface area contributed by atoms with E-state index in [0.717, 1.165) is 0 Å². The number of carboxylic acids is 1. The molecule has 4 aliphatic heterocycles. The summed E-state index contributed by atoms with van der Waals surface area (Å²) in [6.07, 6.45) is -26.6. The number of rotatable bonds is 15. The number of carboxylic acid groups (broad SMARTS) is 1. The Balaban J connectivity index is 0.000000516. The minimum Gasteiger partial charge on any atom is -0.479 e. The largest absolute Gasteiger partial charge is 0.479 e. The summed E-state index contributed by atoms with van der Waals surface area (Å²) in [6.45, 7) is 14.6. The van der Waals surface area contributed by atoms with Gasteiger partial charge in [0, 0.05) is 37.3 Å². The van der Waals surface area contributed by atoms with Crippen molar-refractivity contribution in [2.24, 2.45) is 23.7 Å². The molecule has 27 atom stereocenters. The lowest BCUT2D eigenvalue weighted by atomic mass is 9.74. The highest BCUT2D eigenvalue weighted by atomic mass is 16.7. The molecule has 4 heterocycles. The zero-order valence-electron chi connectivity index (χ0n) is 45.3. The van der Waals surface area contributed by atoms with E-state index in [1.54, 1.807) is 41.5 Å². The van der Waals surface area contributed by atoms with Gasteiger partial charge >= 0.3 is 11.9 Å². The van der Waals surface area contributed by atoms with Gasteiger partial charge in [-0.1, -0.05) is 27.7 Å². The number of nitrogens with zero attached hydrogens (tertiary/aromatic N) is 1. The second-order valence-corrected chi connectivity index (χ2v) is 21.8. The van der Waals surface area contributed by atoms with E-state index in [1.165, 1.54) is 27.9 Å². The summed E-state index contributed by atoms with van der Waals surface area (Å²) in [5.41, 5.74) is -4.84. The van der Waals surface area contributed by atoms with Crippen LogP contribution in [-0.4, -0.2) is 268 Å². The number of likely N-dealkylation sites (N-methyl/N-ethyl adjacent to an activating group) is 1. The van der Waals surface area contributed by atoms with Crippen LogP contribution in [0.15, 0.2) is 0 Å². The molecule has 4 saturated heterocycles. The van der Waals surface area contributed by atoms with Crippen LogP contribution in [0.2, 0.25) is 0 Å². The van der Waals surface area contributed by atoms with E-state index in [1.807, 2.05) is 25.9 Å². The number of ketones is 1. The van der Waals surface area contributed by atoms with Gasteiger partial charge in [-0.2, -0.15) is 0 Å². The molecule has 4 rings (SSSR count).